The van der Waals surface area contributed by atoms with Crippen LogP contribution < -0.4 is 0 Å². The van der Waals surface area contributed by atoms with Crippen molar-refractivity contribution in [2.45, 2.75) is 20.8 Å². The predicted molar refractivity (Wildman–Crippen MR) is 61.8 cm³/mol. The Balaban J connectivity index is 2.52. The maximum absolute atomic E-state index is 4.49. The van der Waals surface area contributed by atoms with Crippen molar-refractivity contribution >= 4 is 11.3 Å². The molecule has 0 fully saturated rings. The van der Waals surface area contributed by atoms with Gasteiger partial charge in [-0.15, -0.1) is 11.3 Å². The van der Waals surface area contributed by atoms with Crippen molar-refractivity contribution in [2.24, 2.45) is 0 Å². The highest BCUT2D eigenvalue weighted by atomic mass is 32.1. The average molecular weight is 203 g/mol. The van der Waals surface area contributed by atoms with Gasteiger partial charge in [0.1, 0.15) is 5.01 Å². The van der Waals surface area contributed by atoms with Gasteiger partial charge in [-0.25, -0.2) is 4.98 Å². The molecule has 1 aromatic heterocycles. The van der Waals surface area contributed by atoms with Crippen LogP contribution in [-0.2, 0) is 0 Å². The van der Waals surface area contributed by atoms with Crippen molar-refractivity contribution < 1.29 is 0 Å². The lowest BCUT2D eigenvalue weighted by Gasteiger charge is -2.02. The Labute approximate surface area is 88.4 Å². The fourth-order valence-electron chi connectivity index (χ4n) is 1.53. The first-order valence-corrected chi connectivity index (χ1v) is 5.54. The zero-order chi connectivity index (χ0) is 10.1. The van der Waals surface area contributed by atoms with Gasteiger partial charge in [-0.3, -0.25) is 0 Å². The molecule has 0 amide bonds. The molecule has 0 atom stereocenters. The molecule has 1 aromatic carbocycles. The number of thiazole rings is 1. The molecule has 0 aliphatic heterocycles. The van der Waals surface area contributed by atoms with Crippen molar-refractivity contribution in [3.05, 3.63) is 40.4 Å². The number of hydrogen-bond acceptors (Lipinski definition) is 2. The van der Waals surface area contributed by atoms with E-state index < -0.39 is 0 Å². The third-order valence-corrected chi connectivity index (χ3v) is 3.22. The lowest BCUT2D eigenvalue weighted by molar-refractivity contribution is 1.26. The van der Waals surface area contributed by atoms with Gasteiger partial charge in [0.25, 0.3) is 0 Å². The zero-order valence-electron chi connectivity index (χ0n) is 8.66. The summed E-state index contributed by atoms with van der Waals surface area (Å²) < 4.78 is 0. The number of hydrogen-bond donors (Lipinski definition) is 0. The van der Waals surface area contributed by atoms with Gasteiger partial charge in [-0.05, 0) is 26.3 Å². The van der Waals surface area contributed by atoms with Crippen molar-refractivity contribution in [1.29, 1.82) is 0 Å². The van der Waals surface area contributed by atoms with Crippen LogP contribution in [0.5, 0.6) is 0 Å². The summed E-state index contributed by atoms with van der Waals surface area (Å²) in [5.74, 6) is 0. The molecule has 1 heterocycles. The first-order chi connectivity index (χ1) is 6.66. The average Bonchev–Trinajstić information content (AvgIpc) is 2.51. The smallest absolute Gasteiger partial charge is 0.123 e. The number of rotatable bonds is 1. The van der Waals surface area contributed by atoms with E-state index >= 15 is 0 Å². The Morgan fingerprint density at radius 1 is 1.14 bits per heavy atom. The largest absolute Gasteiger partial charge is 0.241 e. The zero-order valence-corrected chi connectivity index (χ0v) is 9.48. The van der Waals surface area contributed by atoms with Crippen LogP contribution in [0.25, 0.3) is 10.6 Å². The van der Waals surface area contributed by atoms with E-state index in [1.807, 2.05) is 6.92 Å². The van der Waals surface area contributed by atoms with Crippen molar-refractivity contribution in [2.75, 3.05) is 0 Å². The van der Waals surface area contributed by atoms with E-state index in [-0.39, 0.29) is 0 Å². The van der Waals surface area contributed by atoms with Gasteiger partial charge in [0.05, 0.1) is 0 Å². The first kappa shape index (κ1) is 9.41. The number of benzene rings is 1. The highest BCUT2D eigenvalue weighted by Crippen LogP contribution is 2.26. The van der Waals surface area contributed by atoms with Crippen LogP contribution in [0.2, 0.25) is 0 Å². The Kier molecular flexibility index (Phi) is 2.38. The third-order valence-electron chi connectivity index (χ3n) is 2.23. The highest BCUT2D eigenvalue weighted by molar-refractivity contribution is 7.13. The molecule has 0 unspecified atom stereocenters. The fraction of sp³-hybridized carbons (Fsp3) is 0.250. The summed E-state index contributed by atoms with van der Waals surface area (Å²) in [6.07, 6.45) is 0. The van der Waals surface area contributed by atoms with Crippen molar-refractivity contribution in [3.63, 3.8) is 0 Å². The normalized spacial score (nSPS) is 10.5. The standard InChI is InChI=1S/C12H13NS/c1-8-4-5-11(9(2)6-8)12-13-10(3)7-14-12/h4-7H,1-3H3. The van der Waals surface area contributed by atoms with Crippen LogP contribution in [-0.4, -0.2) is 4.98 Å². The Hall–Kier alpha value is -1.15. The summed E-state index contributed by atoms with van der Waals surface area (Å²) >= 11 is 1.71. The van der Waals surface area contributed by atoms with Gasteiger partial charge in [-0.2, -0.15) is 0 Å². The van der Waals surface area contributed by atoms with Crippen LogP contribution in [0, 0.1) is 20.8 Å². The molecule has 0 aliphatic carbocycles. The monoisotopic (exact) mass is 203 g/mol. The molecule has 72 valence electrons. The fourth-order valence-corrected chi connectivity index (χ4v) is 2.42. The van der Waals surface area contributed by atoms with E-state index in [4.69, 9.17) is 0 Å². The molecule has 2 heteroatoms. The molecule has 2 rings (SSSR count). The number of nitrogens with zero attached hydrogens (tertiary/aromatic N) is 1. The molecular weight excluding hydrogens is 190 g/mol. The molecule has 0 spiro atoms. The molecular formula is C12H13NS. The predicted octanol–water partition coefficient (Wildman–Crippen LogP) is 3.74. The summed E-state index contributed by atoms with van der Waals surface area (Å²) in [7, 11) is 0. The van der Waals surface area contributed by atoms with Gasteiger partial charge >= 0.3 is 0 Å². The number of aromatic nitrogens is 1. The minimum Gasteiger partial charge on any atom is -0.241 e. The lowest BCUT2D eigenvalue weighted by Crippen LogP contribution is -1.83. The first-order valence-electron chi connectivity index (χ1n) is 4.66. The minimum absolute atomic E-state index is 1.10. The van der Waals surface area contributed by atoms with E-state index in [1.54, 1.807) is 11.3 Å². The second-order valence-corrected chi connectivity index (χ2v) is 4.47. The summed E-state index contributed by atoms with van der Waals surface area (Å²) in [6.45, 7) is 6.28. The van der Waals surface area contributed by atoms with E-state index in [9.17, 15) is 0 Å². The Bertz CT molecular complexity index is 457. The maximum atomic E-state index is 4.49. The molecule has 0 bridgehead atoms. The molecule has 1 nitrogen and oxygen atoms in total. The molecule has 2 aromatic rings. The van der Waals surface area contributed by atoms with Crippen molar-refractivity contribution in [3.8, 4) is 10.6 Å². The lowest BCUT2D eigenvalue weighted by atomic mass is 10.1. The molecule has 0 saturated heterocycles. The van der Waals surface area contributed by atoms with Crippen molar-refractivity contribution in [1.82, 2.24) is 4.98 Å². The summed E-state index contributed by atoms with van der Waals surface area (Å²) in [5.41, 5.74) is 4.97. The molecule has 0 radical (unpaired) electrons. The third kappa shape index (κ3) is 1.70. The van der Waals surface area contributed by atoms with Crippen LogP contribution in [0.3, 0.4) is 0 Å². The highest BCUT2D eigenvalue weighted by Gasteiger charge is 2.05. The van der Waals surface area contributed by atoms with E-state index in [0.717, 1.165) is 10.7 Å². The topological polar surface area (TPSA) is 12.9 Å². The SMILES string of the molecule is Cc1ccc(-c2nc(C)cs2)c(C)c1. The Morgan fingerprint density at radius 3 is 2.50 bits per heavy atom. The molecule has 0 N–H and O–H groups in total. The summed E-state index contributed by atoms with van der Waals surface area (Å²) in [4.78, 5) is 4.49. The van der Waals surface area contributed by atoms with Gasteiger partial charge in [0.2, 0.25) is 0 Å². The molecule has 0 saturated carbocycles. The molecule has 14 heavy (non-hydrogen) atoms. The minimum atomic E-state index is 1.10. The van der Waals surface area contributed by atoms with Gasteiger partial charge in [0.15, 0.2) is 0 Å². The Morgan fingerprint density at radius 2 is 1.93 bits per heavy atom. The van der Waals surface area contributed by atoms with Crippen LogP contribution in [0.4, 0.5) is 0 Å². The summed E-state index contributed by atoms with van der Waals surface area (Å²) in [5, 5.41) is 3.22. The molecule has 0 aliphatic rings. The summed E-state index contributed by atoms with van der Waals surface area (Å²) in [6, 6.07) is 6.49. The second-order valence-electron chi connectivity index (χ2n) is 3.61. The van der Waals surface area contributed by atoms with Crippen LogP contribution in [0.15, 0.2) is 23.6 Å². The van der Waals surface area contributed by atoms with Crippen LogP contribution >= 0.6 is 11.3 Å². The van der Waals surface area contributed by atoms with Gasteiger partial charge < -0.3 is 0 Å². The quantitative estimate of drug-likeness (QED) is 0.688. The van der Waals surface area contributed by atoms with Gasteiger partial charge in [0, 0.05) is 16.6 Å². The van der Waals surface area contributed by atoms with Gasteiger partial charge in [-0.1, -0.05) is 23.8 Å². The number of aryl methyl sites for hydroxylation is 3. The van der Waals surface area contributed by atoms with E-state index in [2.05, 4.69) is 42.4 Å². The van der Waals surface area contributed by atoms with E-state index in [0.29, 0.717) is 0 Å². The second kappa shape index (κ2) is 3.54. The van der Waals surface area contributed by atoms with Crippen LogP contribution in [0.1, 0.15) is 16.8 Å². The maximum Gasteiger partial charge on any atom is 0.123 e. The van der Waals surface area contributed by atoms with E-state index in [1.165, 1.54) is 16.7 Å².